The number of benzene rings is 1. The zero-order valence-corrected chi connectivity index (χ0v) is 17.1. The second kappa shape index (κ2) is 10.0. The van der Waals surface area contributed by atoms with E-state index in [1.165, 1.54) is 17.4 Å². The fraction of sp³-hybridized carbons (Fsp3) is 0.318. The molecule has 0 saturated heterocycles. The molecule has 3 rings (SSSR count). The van der Waals surface area contributed by atoms with E-state index in [9.17, 15) is 14.4 Å². The van der Waals surface area contributed by atoms with Crippen molar-refractivity contribution in [1.82, 2.24) is 5.32 Å². The van der Waals surface area contributed by atoms with Gasteiger partial charge >= 0.3 is 6.09 Å². The smallest absolute Gasteiger partial charge is 0.414 e. The van der Waals surface area contributed by atoms with Crippen LogP contribution in [0.25, 0.3) is 6.08 Å². The van der Waals surface area contributed by atoms with Crippen LogP contribution in [0.1, 0.15) is 52.5 Å². The maximum Gasteiger partial charge on any atom is 0.414 e. The number of fused-ring (bicyclic) bond motifs is 1. The summed E-state index contributed by atoms with van der Waals surface area (Å²) in [6.07, 6.45) is 7.12. The molecule has 152 valence electrons. The second-order valence-corrected chi connectivity index (χ2v) is 7.78. The van der Waals surface area contributed by atoms with Crippen molar-refractivity contribution in [3.8, 4) is 0 Å². The summed E-state index contributed by atoms with van der Waals surface area (Å²) in [5.41, 5.74) is 2.21. The third kappa shape index (κ3) is 5.54. The Morgan fingerprint density at radius 2 is 1.86 bits per heavy atom. The average Bonchev–Trinajstić information content (AvgIpc) is 2.88. The molecule has 2 aromatic rings. The maximum absolute atomic E-state index is 12.8. The lowest BCUT2D eigenvalue weighted by Crippen LogP contribution is -2.32. The Bertz CT molecular complexity index is 918. The number of hydrogen-bond acceptors (Lipinski definition) is 5. The molecule has 0 spiro atoms. The molecule has 0 aliphatic heterocycles. The largest absolute Gasteiger partial charge is 0.450 e. The lowest BCUT2D eigenvalue weighted by molar-refractivity contribution is -0.111. The molecule has 0 fully saturated rings. The van der Waals surface area contributed by atoms with Crippen molar-refractivity contribution < 1.29 is 19.1 Å². The maximum atomic E-state index is 12.8. The first-order valence-corrected chi connectivity index (χ1v) is 10.6. The van der Waals surface area contributed by atoms with Crippen molar-refractivity contribution in [2.75, 3.05) is 11.9 Å². The number of carbonyl (C=O) groups is 3. The van der Waals surface area contributed by atoms with Crippen LogP contribution in [0.4, 0.5) is 9.80 Å². The highest BCUT2D eigenvalue weighted by molar-refractivity contribution is 7.17. The number of amides is 3. The quantitative estimate of drug-likeness (QED) is 0.557. The highest BCUT2D eigenvalue weighted by Crippen LogP contribution is 2.37. The van der Waals surface area contributed by atoms with Crippen LogP contribution in [0, 0.1) is 0 Å². The van der Waals surface area contributed by atoms with Crippen LogP contribution in [0.2, 0.25) is 0 Å². The highest BCUT2D eigenvalue weighted by atomic mass is 32.1. The number of alkyl carbamates (subject to hydrolysis) is 1. The molecule has 0 saturated carbocycles. The normalized spacial score (nSPS) is 13.4. The van der Waals surface area contributed by atoms with E-state index in [1.54, 1.807) is 13.0 Å². The molecule has 1 heterocycles. The van der Waals surface area contributed by atoms with Gasteiger partial charge in [0.1, 0.15) is 5.00 Å². The van der Waals surface area contributed by atoms with Crippen LogP contribution >= 0.6 is 11.3 Å². The molecular weight excluding hydrogens is 388 g/mol. The van der Waals surface area contributed by atoms with Crippen LogP contribution in [-0.2, 0) is 22.4 Å². The fourth-order valence-electron chi connectivity index (χ4n) is 3.28. The van der Waals surface area contributed by atoms with E-state index < -0.39 is 12.0 Å². The Morgan fingerprint density at radius 1 is 1.10 bits per heavy atom. The molecule has 0 radical (unpaired) electrons. The number of aryl methyl sites for hydroxylation is 1. The van der Waals surface area contributed by atoms with Crippen LogP contribution in [-0.4, -0.2) is 24.5 Å². The van der Waals surface area contributed by atoms with E-state index in [0.29, 0.717) is 10.6 Å². The number of nitrogens with one attached hydrogen (secondary N) is 2. The molecule has 0 unspecified atom stereocenters. The van der Waals surface area contributed by atoms with Gasteiger partial charge in [-0.3, -0.25) is 14.9 Å². The zero-order valence-electron chi connectivity index (χ0n) is 16.3. The standard InChI is InChI=1S/C22H24N2O4S/c1-2-28-22(27)24-20(26)19-16-11-7-4-8-12-17(16)29-21(19)23-18(25)14-13-15-9-5-3-6-10-15/h3,5-6,9-10,13-14H,2,4,7-8,11-12H2,1H3,(H,23,25)(H,24,26,27)/b14-13+. The van der Waals surface area contributed by atoms with Gasteiger partial charge in [0.25, 0.3) is 5.91 Å². The van der Waals surface area contributed by atoms with E-state index >= 15 is 0 Å². The Morgan fingerprint density at radius 3 is 2.62 bits per heavy atom. The molecule has 1 aliphatic carbocycles. The number of rotatable bonds is 5. The molecule has 0 bridgehead atoms. The number of thiophene rings is 1. The highest BCUT2D eigenvalue weighted by Gasteiger charge is 2.26. The SMILES string of the molecule is CCOC(=O)NC(=O)c1c(NC(=O)/C=C/c2ccccc2)sc2c1CCCCC2. The van der Waals surface area contributed by atoms with Crippen LogP contribution < -0.4 is 10.6 Å². The van der Waals surface area contributed by atoms with E-state index in [4.69, 9.17) is 4.74 Å². The molecule has 3 amide bonds. The minimum Gasteiger partial charge on any atom is -0.450 e. The zero-order chi connectivity index (χ0) is 20.6. The number of ether oxygens (including phenoxy) is 1. The van der Waals surface area contributed by atoms with E-state index in [0.717, 1.165) is 48.1 Å². The third-order valence-electron chi connectivity index (χ3n) is 4.60. The van der Waals surface area contributed by atoms with Gasteiger partial charge in [-0.15, -0.1) is 11.3 Å². The van der Waals surface area contributed by atoms with Crippen molar-refractivity contribution in [3.05, 3.63) is 58.0 Å². The summed E-state index contributed by atoms with van der Waals surface area (Å²) in [6.45, 7) is 1.85. The Kier molecular flexibility index (Phi) is 7.19. The van der Waals surface area contributed by atoms with E-state index in [1.807, 2.05) is 30.3 Å². The lowest BCUT2D eigenvalue weighted by atomic mass is 10.0. The number of anilines is 1. The van der Waals surface area contributed by atoms with Crippen molar-refractivity contribution in [2.24, 2.45) is 0 Å². The summed E-state index contributed by atoms with van der Waals surface area (Å²) in [5, 5.41) is 5.56. The predicted molar refractivity (Wildman–Crippen MR) is 114 cm³/mol. The lowest BCUT2D eigenvalue weighted by Gasteiger charge is -2.08. The van der Waals surface area contributed by atoms with E-state index in [2.05, 4.69) is 10.6 Å². The van der Waals surface area contributed by atoms with Crippen LogP contribution in [0.15, 0.2) is 36.4 Å². The third-order valence-corrected chi connectivity index (χ3v) is 5.81. The summed E-state index contributed by atoms with van der Waals surface area (Å²) in [7, 11) is 0. The molecule has 0 atom stereocenters. The predicted octanol–water partition coefficient (Wildman–Crippen LogP) is 4.56. The first-order chi connectivity index (χ1) is 14.1. The topological polar surface area (TPSA) is 84.5 Å². The van der Waals surface area contributed by atoms with Crippen molar-refractivity contribution in [1.29, 1.82) is 0 Å². The molecular formula is C22H24N2O4S. The summed E-state index contributed by atoms with van der Waals surface area (Å²) in [5.74, 6) is -0.861. The van der Waals surface area contributed by atoms with Gasteiger partial charge in [-0.25, -0.2) is 4.79 Å². The monoisotopic (exact) mass is 412 g/mol. The number of carbonyl (C=O) groups excluding carboxylic acids is 3. The van der Waals surface area contributed by atoms with Gasteiger partial charge in [-0.1, -0.05) is 36.8 Å². The summed E-state index contributed by atoms with van der Waals surface area (Å²) in [6, 6.07) is 9.49. The van der Waals surface area contributed by atoms with Crippen molar-refractivity contribution in [2.45, 2.75) is 39.0 Å². The summed E-state index contributed by atoms with van der Waals surface area (Å²) in [4.78, 5) is 38.1. The summed E-state index contributed by atoms with van der Waals surface area (Å²) >= 11 is 1.42. The molecule has 1 aliphatic rings. The van der Waals surface area contributed by atoms with Gasteiger partial charge in [0, 0.05) is 11.0 Å². The van der Waals surface area contributed by atoms with Crippen LogP contribution in [0.3, 0.4) is 0 Å². The van der Waals surface area contributed by atoms with Gasteiger partial charge in [-0.05, 0) is 49.8 Å². The summed E-state index contributed by atoms with van der Waals surface area (Å²) < 4.78 is 4.82. The molecule has 6 nitrogen and oxygen atoms in total. The first-order valence-electron chi connectivity index (χ1n) is 9.75. The molecule has 7 heteroatoms. The van der Waals surface area contributed by atoms with Gasteiger partial charge in [0.2, 0.25) is 5.91 Å². The van der Waals surface area contributed by atoms with Gasteiger partial charge < -0.3 is 10.1 Å². The Hall–Kier alpha value is -2.93. The van der Waals surface area contributed by atoms with Gasteiger partial charge in [0.15, 0.2) is 0 Å². The Balaban J connectivity index is 1.83. The van der Waals surface area contributed by atoms with Crippen LogP contribution in [0.5, 0.6) is 0 Å². The number of imide groups is 1. The first kappa shape index (κ1) is 20.8. The average molecular weight is 413 g/mol. The second-order valence-electron chi connectivity index (χ2n) is 6.68. The molecule has 29 heavy (non-hydrogen) atoms. The van der Waals surface area contributed by atoms with Gasteiger partial charge in [0.05, 0.1) is 12.2 Å². The minimum atomic E-state index is -0.785. The Labute approximate surface area is 174 Å². The van der Waals surface area contributed by atoms with Crippen molar-refractivity contribution >= 4 is 40.3 Å². The van der Waals surface area contributed by atoms with Gasteiger partial charge in [-0.2, -0.15) is 0 Å². The fourth-order valence-corrected chi connectivity index (χ4v) is 4.57. The molecule has 1 aromatic heterocycles. The van der Waals surface area contributed by atoms with E-state index in [-0.39, 0.29) is 12.5 Å². The van der Waals surface area contributed by atoms with Crippen molar-refractivity contribution in [3.63, 3.8) is 0 Å². The number of hydrogen-bond donors (Lipinski definition) is 2. The minimum absolute atomic E-state index is 0.175. The molecule has 1 aromatic carbocycles. The molecule has 2 N–H and O–H groups in total.